The molecule has 0 aliphatic carbocycles. The summed E-state index contributed by atoms with van der Waals surface area (Å²) < 4.78 is 0. The van der Waals surface area contributed by atoms with Crippen molar-refractivity contribution in [1.82, 2.24) is 4.90 Å². The van der Waals surface area contributed by atoms with Gasteiger partial charge in [-0.2, -0.15) is 0 Å². The molecule has 1 unspecified atom stereocenters. The van der Waals surface area contributed by atoms with E-state index in [1.165, 1.54) is 25.9 Å². The molecule has 1 fully saturated rings. The molecule has 0 spiro atoms. The molecule has 0 aromatic heterocycles. The zero-order valence-corrected chi connectivity index (χ0v) is 12.1. The van der Waals surface area contributed by atoms with E-state index in [4.69, 9.17) is 0 Å². The van der Waals surface area contributed by atoms with Crippen LogP contribution in [0.1, 0.15) is 26.2 Å². The zero-order chi connectivity index (χ0) is 13.9. The summed E-state index contributed by atoms with van der Waals surface area (Å²) in [6.07, 6.45) is 3.42. The van der Waals surface area contributed by atoms with E-state index in [1.807, 2.05) is 23.1 Å². The number of anilines is 2. The van der Waals surface area contributed by atoms with Crippen molar-refractivity contribution < 1.29 is 4.79 Å². The van der Waals surface area contributed by atoms with E-state index in [1.54, 1.807) is 0 Å². The van der Waals surface area contributed by atoms with Gasteiger partial charge in [-0.3, -0.25) is 4.79 Å². The Hall–Kier alpha value is -1.55. The maximum atomic E-state index is 12.6. The van der Waals surface area contributed by atoms with Crippen LogP contribution >= 0.6 is 0 Å². The first-order valence-electron chi connectivity index (χ1n) is 7.69. The third kappa shape index (κ3) is 2.52. The number of hydrogen-bond donors (Lipinski definition) is 1. The maximum Gasteiger partial charge on any atom is 0.249 e. The van der Waals surface area contributed by atoms with E-state index in [-0.39, 0.29) is 11.9 Å². The Morgan fingerprint density at radius 2 is 1.95 bits per heavy atom. The molecule has 108 valence electrons. The van der Waals surface area contributed by atoms with Crippen LogP contribution in [0.15, 0.2) is 24.3 Å². The van der Waals surface area contributed by atoms with Gasteiger partial charge in [-0.25, -0.2) is 0 Å². The second-order valence-corrected chi connectivity index (χ2v) is 5.66. The third-order valence-electron chi connectivity index (χ3n) is 4.34. The van der Waals surface area contributed by atoms with Crippen molar-refractivity contribution in [2.24, 2.45) is 0 Å². The van der Waals surface area contributed by atoms with Crippen molar-refractivity contribution in [3.8, 4) is 0 Å². The normalized spacial score (nSPS) is 22.8. The van der Waals surface area contributed by atoms with Crippen LogP contribution in [-0.4, -0.2) is 43.0 Å². The summed E-state index contributed by atoms with van der Waals surface area (Å²) in [5.41, 5.74) is 2.11. The second-order valence-electron chi connectivity index (χ2n) is 5.66. The van der Waals surface area contributed by atoms with Gasteiger partial charge < -0.3 is 15.1 Å². The number of fused-ring (bicyclic) bond motifs is 1. The van der Waals surface area contributed by atoms with Crippen molar-refractivity contribution in [2.75, 3.05) is 36.4 Å². The van der Waals surface area contributed by atoms with E-state index in [9.17, 15) is 4.79 Å². The summed E-state index contributed by atoms with van der Waals surface area (Å²) in [5.74, 6) is 0.213. The van der Waals surface area contributed by atoms with Gasteiger partial charge in [0.1, 0.15) is 6.04 Å². The average molecular weight is 273 g/mol. The topological polar surface area (TPSA) is 35.6 Å². The number of para-hydroxylation sites is 2. The standard InChI is InChI=1S/C16H23N3O/c1-2-13-16(20)19(12-11-18-9-5-6-10-18)15-8-4-3-7-14(15)17-13/h3-4,7-8,13,17H,2,5-6,9-12H2,1H3. The predicted molar refractivity (Wildman–Crippen MR) is 82.2 cm³/mol. The fourth-order valence-corrected chi connectivity index (χ4v) is 3.14. The van der Waals surface area contributed by atoms with E-state index in [0.717, 1.165) is 30.9 Å². The van der Waals surface area contributed by atoms with Crippen LogP contribution in [0.5, 0.6) is 0 Å². The van der Waals surface area contributed by atoms with Gasteiger partial charge in [0.05, 0.1) is 11.4 Å². The molecule has 2 aliphatic heterocycles. The van der Waals surface area contributed by atoms with Crippen LogP contribution in [-0.2, 0) is 4.79 Å². The van der Waals surface area contributed by atoms with E-state index >= 15 is 0 Å². The van der Waals surface area contributed by atoms with Crippen molar-refractivity contribution in [1.29, 1.82) is 0 Å². The van der Waals surface area contributed by atoms with Crippen LogP contribution in [0.3, 0.4) is 0 Å². The Labute approximate surface area is 120 Å². The van der Waals surface area contributed by atoms with Gasteiger partial charge in [-0.15, -0.1) is 0 Å². The van der Waals surface area contributed by atoms with Gasteiger partial charge in [0.15, 0.2) is 0 Å². The summed E-state index contributed by atoms with van der Waals surface area (Å²) in [4.78, 5) is 17.0. The molecule has 4 heteroatoms. The number of nitrogens with one attached hydrogen (secondary N) is 1. The quantitative estimate of drug-likeness (QED) is 0.914. The largest absolute Gasteiger partial charge is 0.372 e. The molecule has 0 saturated carbocycles. The molecule has 1 aromatic rings. The van der Waals surface area contributed by atoms with Crippen molar-refractivity contribution in [3.63, 3.8) is 0 Å². The zero-order valence-electron chi connectivity index (χ0n) is 12.1. The lowest BCUT2D eigenvalue weighted by Gasteiger charge is -2.35. The summed E-state index contributed by atoms with van der Waals surface area (Å²) in [7, 11) is 0. The number of hydrogen-bond acceptors (Lipinski definition) is 3. The first-order chi connectivity index (χ1) is 9.79. The van der Waals surface area contributed by atoms with Gasteiger partial charge in [-0.05, 0) is 44.5 Å². The molecule has 0 bridgehead atoms. The summed E-state index contributed by atoms with van der Waals surface area (Å²) >= 11 is 0. The monoisotopic (exact) mass is 273 g/mol. The predicted octanol–water partition coefficient (Wildman–Crippen LogP) is 2.32. The Morgan fingerprint density at radius 1 is 1.20 bits per heavy atom. The Morgan fingerprint density at radius 3 is 2.70 bits per heavy atom. The first kappa shape index (κ1) is 13.4. The molecule has 3 rings (SSSR count). The molecule has 2 heterocycles. The second kappa shape index (κ2) is 5.83. The molecule has 1 aromatic carbocycles. The molecule has 4 nitrogen and oxygen atoms in total. The van der Waals surface area contributed by atoms with Crippen LogP contribution in [0.25, 0.3) is 0 Å². The smallest absolute Gasteiger partial charge is 0.249 e. The number of amides is 1. The van der Waals surface area contributed by atoms with Crippen LogP contribution < -0.4 is 10.2 Å². The summed E-state index contributed by atoms with van der Waals surface area (Å²) in [6, 6.07) is 8.04. The molecule has 1 atom stereocenters. The fraction of sp³-hybridized carbons (Fsp3) is 0.562. The maximum absolute atomic E-state index is 12.6. The highest BCUT2D eigenvalue weighted by Gasteiger charge is 2.31. The lowest BCUT2D eigenvalue weighted by molar-refractivity contribution is -0.119. The molecular formula is C16H23N3O. The highest BCUT2D eigenvalue weighted by Crippen LogP contribution is 2.31. The van der Waals surface area contributed by atoms with Crippen LogP contribution in [0, 0.1) is 0 Å². The lowest BCUT2D eigenvalue weighted by Crippen LogP contribution is -2.49. The number of likely N-dealkylation sites (tertiary alicyclic amines) is 1. The van der Waals surface area contributed by atoms with Crippen LogP contribution in [0.4, 0.5) is 11.4 Å². The number of carbonyl (C=O) groups is 1. The van der Waals surface area contributed by atoms with E-state index in [0.29, 0.717) is 0 Å². The molecule has 0 radical (unpaired) electrons. The van der Waals surface area contributed by atoms with Crippen molar-refractivity contribution >= 4 is 17.3 Å². The van der Waals surface area contributed by atoms with Crippen LogP contribution in [0.2, 0.25) is 0 Å². The molecule has 1 N–H and O–H groups in total. The summed E-state index contributed by atoms with van der Waals surface area (Å²) in [6.45, 7) is 6.20. The van der Waals surface area contributed by atoms with Gasteiger partial charge in [-0.1, -0.05) is 19.1 Å². The number of nitrogens with zero attached hydrogens (tertiary/aromatic N) is 2. The highest BCUT2D eigenvalue weighted by atomic mass is 16.2. The van der Waals surface area contributed by atoms with E-state index < -0.39 is 0 Å². The number of rotatable bonds is 4. The Kier molecular flexibility index (Phi) is 3.92. The van der Waals surface area contributed by atoms with E-state index in [2.05, 4.69) is 23.2 Å². The lowest BCUT2D eigenvalue weighted by atomic mass is 10.1. The van der Waals surface area contributed by atoms with Crippen molar-refractivity contribution in [3.05, 3.63) is 24.3 Å². The SMILES string of the molecule is CCC1Nc2ccccc2N(CCN2CCCC2)C1=O. The third-order valence-corrected chi connectivity index (χ3v) is 4.34. The average Bonchev–Trinajstić information content (AvgIpc) is 2.99. The molecular weight excluding hydrogens is 250 g/mol. The molecule has 2 aliphatic rings. The Balaban J connectivity index is 1.77. The molecule has 20 heavy (non-hydrogen) atoms. The number of carbonyl (C=O) groups excluding carboxylic acids is 1. The Bertz CT molecular complexity index is 482. The minimum Gasteiger partial charge on any atom is -0.372 e. The minimum atomic E-state index is -0.0801. The minimum absolute atomic E-state index is 0.0801. The first-order valence-corrected chi connectivity index (χ1v) is 7.69. The van der Waals surface area contributed by atoms with Gasteiger partial charge >= 0.3 is 0 Å². The fourth-order valence-electron chi connectivity index (χ4n) is 3.14. The highest BCUT2D eigenvalue weighted by molar-refractivity contribution is 6.04. The summed E-state index contributed by atoms with van der Waals surface area (Å²) in [5, 5.41) is 3.35. The van der Waals surface area contributed by atoms with Gasteiger partial charge in [0, 0.05) is 13.1 Å². The molecule has 1 saturated heterocycles. The molecule has 1 amide bonds. The van der Waals surface area contributed by atoms with Gasteiger partial charge in [0.2, 0.25) is 5.91 Å². The van der Waals surface area contributed by atoms with Gasteiger partial charge in [0.25, 0.3) is 0 Å². The van der Waals surface area contributed by atoms with Crippen molar-refractivity contribution in [2.45, 2.75) is 32.2 Å². The number of benzene rings is 1.